The zero-order valence-corrected chi connectivity index (χ0v) is 10.6. The Morgan fingerprint density at radius 1 is 1.47 bits per heavy atom. The van der Waals surface area contributed by atoms with Gasteiger partial charge in [0.2, 0.25) is 0 Å². The summed E-state index contributed by atoms with van der Waals surface area (Å²) in [5.41, 5.74) is -0.0335. The highest BCUT2D eigenvalue weighted by Gasteiger charge is 2.16. The van der Waals surface area contributed by atoms with E-state index in [1.807, 2.05) is 0 Å². The molecule has 0 bridgehead atoms. The smallest absolute Gasteiger partial charge is 0.293 e. The fraction of sp³-hybridized carbons (Fsp3) is 0.333. The number of anilines is 1. The van der Waals surface area contributed by atoms with Gasteiger partial charge in [0.05, 0.1) is 15.7 Å². The molecule has 0 radical (unpaired) electrons. The van der Waals surface area contributed by atoms with Gasteiger partial charge in [0.1, 0.15) is 15.5 Å². The van der Waals surface area contributed by atoms with Gasteiger partial charge in [-0.25, -0.2) is 8.42 Å². The van der Waals surface area contributed by atoms with E-state index in [9.17, 15) is 18.5 Å². The molecule has 0 aliphatic heterocycles. The van der Waals surface area contributed by atoms with Crippen molar-refractivity contribution in [3.8, 4) is 0 Å². The second-order valence-corrected chi connectivity index (χ2v) is 6.11. The Balaban J connectivity index is 2.86. The molecule has 0 aliphatic carbocycles. The normalized spacial score (nSPS) is 11.2. The molecule has 0 spiro atoms. The number of halogens is 1. The van der Waals surface area contributed by atoms with Gasteiger partial charge in [-0.1, -0.05) is 17.7 Å². The molecule has 0 aliphatic rings. The van der Waals surface area contributed by atoms with Gasteiger partial charge in [-0.3, -0.25) is 10.1 Å². The standard InChI is InChI=1S/C9H11ClN2O4S/c1-17(15,16)6-5-11-9-7(10)3-2-4-8(9)12(13)14/h2-4,11H,5-6H2,1H3. The van der Waals surface area contributed by atoms with Crippen LogP contribution in [0.25, 0.3) is 0 Å². The number of para-hydroxylation sites is 1. The van der Waals surface area contributed by atoms with Gasteiger partial charge in [0.25, 0.3) is 5.69 Å². The molecule has 0 fully saturated rings. The number of hydrogen-bond donors (Lipinski definition) is 1. The van der Waals surface area contributed by atoms with Gasteiger partial charge in [-0.15, -0.1) is 0 Å². The number of nitro benzene ring substituents is 1. The Kier molecular flexibility index (Phi) is 4.30. The molecule has 0 unspecified atom stereocenters. The molecular weight excluding hydrogens is 268 g/mol. The first-order valence-corrected chi connectivity index (χ1v) is 7.09. The van der Waals surface area contributed by atoms with Crippen molar-refractivity contribution in [3.05, 3.63) is 33.3 Å². The lowest BCUT2D eigenvalue weighted by Crippen LogP contribution is -2.15. The maximum absolute atomic E-state index is 10.9. The van der Waals surface area contributed by atoms with E-state index in [1.54, 1.807) is 0 Å². The van der Waals surface area contributed by atoms with E-state index in [2.05, 4.69) is 5.32 Å². The minimum atomic E-state index is -3.12. The average Bonchev–Trinajstić information content (AvgIpc) is 2.18. The lowest BCUT2D eigenvalue weighted by atomic mass is 10.2. The maximum atomic E-state index is 10.9. The zero-order chi connectivity index (χ0) is 13.1. The first kappa shape index (κ1) is 13.7. The van der Waals surface area contributed by atoms with Crippen molar-refractivity contribution < 1.29 is 13.3 Å². The molecule has 8 heteroatoms. The molecule has 0 heterocycles. The fourth-order valence-corrected chi connectivity index (χ4v) is 1.91. The summed E-state index contributed by atoms with van der Waals surface area (Å²) < 4.78 is 21.8. The Hall–Kier alpha value is -1.34. The molecule has 1 aromatic carbocycles. The van der Waals surface area contributed by atoms with Crippen LogP contribution in [0.5, 0.6) is 0 Å². The number of hydrogen-bond acceptors (Lipinski definition) is 5. The predicted octanol–water partition coefficient (Wildman–Crippen LogP) is 1.70. The Labute approximate surface area is 104 Å². The molecule has 0 saturated carbocycles. The van der Waals surface area contributed by atoms with E-state index in [0.717, 1.165) is 6.26 Å². The van der Waals surface area contributed by atoms with Crippen LogP contribution in [0.3, 0.4) is 0 Å². The van der Waals surface area contributed by atoms with E-state index in [1.165, 1.54) is 18.2 Å². The molecule has 1 aromatic rings. The van der Waals surface area contributed by atoms with Crippen LogP contribution in [0.2, 0.25) is 5.02 Å². The first-order valence-electron chi connectivity index (χ1n) is 4.66. The quantitative estimate of drug-likeness (QED) is 0.654. The summed E-state index contributed by atoms with van der Waals surface area (Å²) >= 11 is 5.81. The minimum absolute atomic E-state index is 0.0728. The Morgan fingerprint density at radius 3 is 2.65 bits per heavy atom. The van der Waals surface area contributed by atoms with Gasteiger partial charge < -0.3 is 5.32 Å². The summed E-state index contributed by atoms with van der Waals surface area (Å²) in [6.07, 6.45) is 1.09. The van der Waals surface area contributed by atoms with Crippen LogP contribution in [0.15, 0.2) is 18.2 Å². The Morgan fingerprint density at radius 2 is 2.12 bits per heavy atom. The monoisotopic (exact) mass is 278 g/mol. The summed E-state index contributed by atoms with van der Waals surface area (Å²) in [5, 5.41) is 13.6. The number of sulfone groups is 1. The topological polar surface area (TPSA) is 89.3 Å². The average molecular weight is 279 g/mol. The van der Waals surface area contributed by atoms with Crippen molar-refractivity contribution in [1.29, 1.82) is 0 Å². The largest absolute Gasteiger partial charge is 0.377 e. The second-order valence-electron chi connectivity index (χ2n) is 3.45. The fourth-order valence-electron chi connectivity index (χ4n) is 1.20. The molecule has 0 atom stereocenters. The molecule has 1 rings (SSSR count). The van der Waals surface area contributed by atoms with E-state index in [0.29, 0.717) is 0 Å². The SMILES string of the molecule is CS(=O)(=O)CCNc1c(Cl)cccc1[N+](=O)[O-]. The van der Waals surface area contributed by atoms with Crippen LogP contribution in [0, 0.1) is 10.1 Å². The highest BCUT2D eigenvalue weighted by Crippen LogP contribution is 2.31. The van der Waals surface area contributed by atoms with Gasteiger partial charge in [0.15, 0.2) is 0 Å². The van der Waals surface area contributed by atoms with Gasteiger partial charge in [-0.2, -0.15) is 0 Å². The number of nitro groups is 1. The number of nitrogens with zero attached hydrogens (tertiary/aromatic N) is 1. The summed E-state index contributed by atoms with van der Waals surface area (Å²) in [6.45, 7) is 0.0728. The number of nitrogens with one attached hydrogen (secondary N) is 1. The van der Waals surface area contributed by atoms with Crippen molar-refractivity contribution in [1.82, 2.24) is 0 Å². The van der Waals surface area contributed by atoms with Crippen molar-refractivity contribution in [2.45, 2.75) is 0 Å². The number of rotatable bonds is 5. The summed E-state index contributed by atoms with van der Waals surface area (Å²) in [6, 6.07) is 4.26. The second kappa shape index (κ2) is 5.33. The lowest BCUT2D eigenvalue weighted by Gasteiger charge is -2.07. The van der Waals surface area contributed by atoms with Crippen molar-refractivity contribution in [2.24, 2.45) is 0 Å². The van der Waals surface area contributed by atoms with Gasteiger partial charge in [-0.05, 0) is 6.07 Å². The molecule has 94 valence electrons. The summed E-state index contributed by atoms with van der Waals surface area (Å²) in [4.78, 5) is 10.1. The molecule has 17 heavy (non-hydrogen) atoms. The van der Waals surface area contributed by atoms with Crippen LogP contribution in [0.1, 0.15) is 0 Å². The summed E-state index contributed by atoms with van der Waals surface area (Å²) in [5.74, 6) is -0.116. The Bertz CT molecular complexity index is 530. The van der Waals surface area contributed by atoms with Gasteiger partial charge >= 0.3 is 0 Å². The highest BCUT2D eigenvalue weighted by atomic mass is 35.5. The minimum Gasteiger partial charge on any atom is -0.377 e. The van der Waals surface area contributed by atoms with E-state index in [4.69, 9.17) is 11.6 Å². The maximum Gasteiger partial charge on any atom is 0.293 e. The number of benzene rings is 1. The van der Waals surface area contributed by atoms with E-state index < -0.39 is 14.8 Å². The van der Waals surface area contributed by atoms with Crippen LogP contribution >= 0.6 is 11.6 Å². The van der Waals surface area contributed by atoms with Crippen molar-refractivity contribution >= 4 is 32.8 Å². The molecule has 0 saturated heterocycles. The molecule has 1 N–H and O–H groups in total. The van der Waals surface area contributed by atoms with E-state index >= 15 is 0 Å². The third kappa shape index (κ3) is 4.20. The van der Waals surface area contributed by atoms with Crippen LogP contribution < -0.4 is 5.32 Å². The molecule has 0 amide bonds. The van der Waals surface area contributed by atoms with Crippen molar-refractivity contribution in [2.75, 3.05) is 23.9 Å². The predicted molar refractivity (Wildman–Crippen MR) is 66.3 cm³/mol. The van der Waals surface area contributed by atoms with Gasteiger partial charge in [0, 0.05) is 18.9 Å². The van der Waals surface area contributed by atoms with Crippen LogP contribution in [-0.4, -0.2) is 31.9 Å². The zero-order valence-electron chi connectivity index (χ0n) is 9.01. The van der Waals surface area contributed by atoms with Crippen LogP contribution in [-0.2, 0) is 9.84 Å². The third-order valence-corrected chi connectivity index (χ3v) is 3.22. The van der Waals surface area contributed by atoms with Crippen LogP contribution in [0.4, 0.5) is 11.4 Å². The molecular formula is C9H11ClN2O4S. The van der Waals surface area contributed by atoms with E-state index in [-0.39, 0.29) is 28.7 Å². The highest BCUT2D eigenvalue weighted by molar-refractivity contribution is 7.90. The third-order valence-electron chi connectivity index (χ3n) is 1.96. The summed E-state index contributed by atoms with van der Waals surface area (Å²) in [7, 11) is -3.12. The molecule has 6 nitrogen and oxygen atoms in total. The molecule has 0 aromatic heterocycles. The first-order chi connectivity index (χ1) is 7.81. The lowest BCUT2D eigenvalue weighted by molar-refractivity contribution is -0.383. The van der Waals surface area contributed by atoms with Crippen molar-refractivity contribution in [3.63, 3.8) is 0 Å².